The summed E-state index contributed by atoms with van der Waals surface area (Å²) in [6, 6.07) is 8.86. The van der Waals surface area contributed by atoms with Gasteiger partial charge in [0.25, 0.3) is 0 Å². The second-order valence-corrected chi connectivity index (χ2v) is 9.94. The zero-order chi connectivity index (χ0) is 22.1. The lowest BCUT2D eigenvalue weighted by atomic mass is 9.82. The third kappa shape index (κ3) is 7.44. The van der Waals surface area contributed by atoms with Gasteiger partial charge in [-0.05, 0) is 74.7 Å². The standard InChI is InChI=1S/C28H44O3/c1-4-5-6-12-25(31-28-13-7-8-16-30-28)14-15-26-22(3)18-24(20-29)27(26)19-23-11-9-10-21(2)17-23/h9-11,14-15,17,22,24-29H,4-8,12-13,16,18-20H2,1-3H3/b15-14+/t22-,24-,25+,26+,27+,28?/m1/s1. The number of benzene rings is 1. The molecular formula is C28H44O3. The maximum absolute atomic E-state index is 10.1. The SMILES string of the molecule is CCCCC[C@@H](/C=C/[C@@H]1[C@@H](Cc2cccc(C)c2)[C@@H](CO)C[C@H]1C)OC1CCCCO1. The van der Waals surface area contributed by atoms with Crippen LogP contribution in [0.1, 0.15) is 76.3 Å². The van der Waals surface area contributed by atoms with Gasteiger partial charge in [-0.1, -0.05) is 75.1 Å². The molecule has 1 aromatic rings. The lowest BCUT2D eigenvalue weighted by Gasteiger charge is -2.27. The number of ether oxygens (including phenoxy) is 2. The minimum atomic E-state index is -0.0423. The molecule has 0 aromatic heterocycles. The van der Waals surface area contributed by atoms with Crippen molar-refractivity contribution in [1.29, 1.82) is 0 Å². The van der Waals surface area contributed by atoms with Gasteiger partial charge < -0.3 is 14.6 Å². The molecule has 2 aliphatic rings. The zero-order valence-corrected chi connectivity index (χ0v) is 20.0. The molecule has 0 radical (unpaired) electrons. The molecule has 1 N–H and O–H groups in total. The Bertz CT molecular complexity index is 664. The van der Waals surface area contributed by atoms with Crippen LogP contribution in [0.15, 0.2) is 36.4 Å². The Hall–Kier alpha value is -1.16. The van der Waals surface area contributed by atoms with Crippen LogP contribution in [0.5, 0.6) is 0 Å². The van der Waals surface area contributed by atoms with E-state index in [4.69, 9.17) is 9.47 Å². The van der Waals surface area contributed by atoms with Gasteiger partial charge in [0.2, 0.25) is 0 Å². The number of hydrogen-bond donors (Lipinski definition) is 1. The molecule has 0 bridgehead atoms. The molecule has 2 fully saturated rings. The molecule has 3 nitrogen and oxygen atoms in total. The van der Waals surface area contributed by atoms with E-state index in [1.807, 2.05) is 0 Å². The molecule has 1 saturated heterocycles. The molecule has 3 heteroatoms. The Labute approximate surface area is 190 Å². The van der Waals surface area contributed by atoms with Crippen LogP contribution in [0, 0.1) is 30.6 Å². The fourth-order valence-corrected chi connectivity index (χ4v) is 5.57. The summed E-state index contributed by atoms with van der Waals surface area (Å²) in [6.07, 6.45) is 15.1. The molecule has 1 unspecified atom stereocenters. The van der Waals surface area contributed by atoms with Gasteiger partial charge in [0.15, 0.2) is 6.29 Å². The molecule has 1 heterocycles. The summed E-state index contributed by atoms with van der Waals surface area (Å²) >= 11 is 0. The summed E-state index contributed by atoms with van der Waals surface area (Å²) in [4.78, 5) is 0. The molecule has 31 heavy (non-hydrogen) atoms. The lowest BCUT2D eigenvalue weighted by Crippen LogP contribution is -2.27. The van der Waals surface area contributed by atoms with Crippen LogP contribution in [0.3, 0.4) is 0 Å². The Morgan fingerprint density at radius 1 is 1.26 bits per heavy atom. The first kappa shape index (κ1) is 24.5. The van der Waals surface area contributed by atoms with E-state index in [0.717, 1.165) is 38.7 Å². The number of allylic oxidation sites excluding steroid dienone is 1. The van der Waals surface area contributed by atoms with E-state index in [0.29, 0.717) is 23.7 Å². The second-order valence-electron chi connectivity index (χ2n) is 9.94. The normalized spacial score (nSPS) is 30.1. The van der Waals surface area contributed by atoms with E-state index >= 15 is 0 Å². The monoisotopic (exact) mass is 428 g/mol. The van der Waals surface area contributed by atoms with Crippen molar-refractivity contribution in [3.05, 3.63) is 47.5 Å². The van der Waals surface area contributed by atoms with E-state index in [2.05, 4.69) is 57.2 Å². The summed E-state index contributed by atoms with van der Waals surface area (Å²) in [7, 11) is 0. The first-order valence-electron chi connectivity index (χ1n) is 12.7. The summed E-state index contributed by atoms with van der Waals surface area (Å²) in [5, 5.41) is 10.1. The van der Waals surface area contributed by atoms with Gasteiger partial charge in [-0.3, -0.25) is 0 Å². The van der Waals surface area contributed by atoms with Gasteiger partial charge in [0, 0.05) is 13.2 Å². The third-order valence-electron chi connectivity index (χ3n) is 7.32. The van der Waals surface area contributed by atoms with Crippen molar-refractivity contribution in [3.63, 3.8) is 0 Å². The summed E-state index contributed by atoms with van der Waals surface area (Å²) < 4.78 is 12.3. The van der Waals surface area contributed by atoms with Crippen LogP contribution in [0.4, 0.5) is 0 Å². The van der Waals surface area contributed by atoms with Crippen molar-refractivity contribution in [2.45, 2.75) is 91.0 Å². The van der Waals surface area contributed by atoms with Crippen LogP contribution in [0.2, 0.25) is 0 Å². The van der Waals surface area contributed by atoms with Gasteiger partial charge in [-0.25, -0.2) is 0 Å². The molecular weight excluding hydrogens is 384 g/mol. The predicted octanol–water partition coefficient (Wildman–Crippen LogP) is 6.47. The second kappa shape index (κ2) is 12.8. The highest BCUT2D eigenvalue weighted by molar-refractivity contribution is 5.23. The molecule has 3 rings (SSSR count). The topological polar surface area (TPSA) is 38.7 Å². The van der Waals surface area contributed by atoms with E-state index in [9.17, 15) is 5.11 Å². The van der Waals surface area contributed by atoms with E-state index < -0.39 is 0 Å². The molecule has 1 aliphatic carbocycles. The summed E-state index contributed by atoms with van der Waals surface area (Å²) in [6.45, 7) is 7.88. The van der Waals surface area contributed by atoms with Crippen molar-refractivity contribution < 1.29 is 14.6 Å². The van der Waals surface area contributed by atoms with Crippen LogP contribution >= 0.6 is 0 Å². The maximum Gasteiger partial charge on any atom is 0.158 e. The van der Waals surface area contributed by atoms with Crippen molar-refractivity contribution in [2.75, 3.05) is 13.2 Å². The minimum Gasteiger partial charge on any atom is -0.396 e. The van der Waals surface area contributed by atoms with Crippen LogP contribution < -0.4 is 0 Å². The Morgan fingerprint density at radius 3 is 2.84 bits per heavy atom. The Kier molecular flexibility index (Phi) is 10.1. The van der Waals surface area contributed by atoms with Crippen molar-refractivity contribution in [3.8, 4) is 0 Å². The number of rotatable bonds is 11. The van der Waals surface area contributed by atoms with E-state index in [1.54, 1.807) is 0 Å². The molecule has 1 aromatic carbocycles. The van der Waals surface area contributed by atoms with Crippen LogP contribution in [-0.4, -0.2) is 30.7 Å². The molecule has 6 atom stereocenters. The van der Waals surface area contributed by atoms with Crippen molar-refractivity contribution >= 4 is 0 Å². The third-order valence-corrected chi connectivity index (χ3v) is 7.32. The van der Waals surface area contributed by atoms with Crippen LogP contribution in [0.25, 0.3) is 0 Å². The molecule has 0 amide bonds. The zero-order valence-electron chi connectivity index (χ0n) is 20.0. The van der Waals surface area contributed by atoms with Gasteiger partial charge in [0.1, 0.15) is 0 Å². The summed E-state index contributed by atoms with van der Waals surface area (Å²) in [5.41, 5.74) is 2.70. The largest absolute Gasteiger partial charge is 0.396 e. The highest BCUT2D eigenvalue weighted by Crippen LogP contribution is 2.44. The fourth-order valence-electron chi connectivity index (χ4n) is 5.57. The van der Waals surface area contributed by atoms with Gasteiger partial charge in [-0.2, -0.15) is 0 Å². The smallest absolute Gasteiger partial charge is 0.158 e. The number of hydrogen-bond acceptors (Lipinski definition) is 3. The first-order valence-corrected chi connectivity index (χ1v) is 12.7. The van der Waals surface area contributed by atoms with E-state index in [-0.39, 0.29) is 19.0 Å². The number of aryl methyl sites for hydroxylation is 1. The minimum absolute atomic E-state index is 0.0423. The predicted molar refractivity (Wildman–Crippen MR) is 128 cm³/mol. The van der Waals surface area contributed by atoms with Gasteiger partial charge >= 0.3 is 0 Å². The maximum atomic E-state index is 10.1. The molecule has 1 saturated carbocycles. The van der Waals surface area contributed by atoms with E-state index in [1.165, 1.54) is 36.8 Å². The average molecular weight is 429 g/mol. The molecule has 0 spiro atoms. The Balaban J connectivity index is 1.70. The highest BCUT2D eigenvalue weighted by Gasteiger charge is 2.39. The van der Waals surface area contributed by atoms with Crippen LogP contribution in [-0.2, 0) is 15.9 Å². The average Bonchev–Trinajstić information content (AvgIpc) is 3.07. The van der Waals surface area contributed by atoms with Crippen molar-refractivity contribution in [2.24, 2.45) is 23.7 Å². The van der Waals surface area contributed by atoms with Gasteiger partial charge in [0.05, 0.1) is 6.10 Å². The highest BCUT2D eigenvalue weighted by atomic mass is 16.7. The molecule has 174 valence electrons. The fraction of sp³-hybridized carbons (Fsp3) is 0.714. The Morgan fingerprint density at radius 2 is 2.13 bits per heavy atom. The summed E-state index contributed by atoms with van der Waals surface area (Å²) in [5.74, 6) is 1.94. The lowest BCUT2D eigenvalue weighted by molar-refractivity contribution is -0.179. The quantitative estimate of drug-likeness (QED) is 0.324. The first-order chi connectivity index (χ1) is 15.1. The number of aliphatic hydroxyl groups excluding tert-OH is 1. The van der Waals surface area contributed by atoms with Gasteiger partial charge in [-0.15, -0.1) is 0 Å². The molecule has 1 aliphatic heterocycles. The van der Waals surface area contributed by atoms with Crippen molar-refractivity contribution in [1.82, 2.24) is 0 Å². The number of aliphatic hydroxyl groups is 1. The number of unbranched alkanes of at least 4 members (excludes halogenated alkanes) is 2.